The van der Waals surface area contributed by atoms with E-state index in [1.165, 1.54) is 29.5 Å². The molecule has 2 aromatic rings. The molecule has 1 aromatic carbocycles. The summed E-state index contributed by atoms with van der Waals surface area (Å²) in [6, 6.07) is 12.4. The Kier molecular flexibility index (Phi) is 3.82. The minimum atomic E-state index is 0.540. The van der Waals surface area contributed by atoms with Crippen molar-refractivity contribution in [2.45, 2.75) is 32.8 Å². The molecule has 0 atom stereocenters. The van der Waals surface area contributed by atoms with Gasteiger partial charge in [-0.25, -0.2) is 0 Å². The number of fused-ring (bicyclic) bond motifs is 2. The van der Waals surface area contributed by atoms with Gasteiger partial charge in [0.1, 0.15) is 12.4 Å². The molecule has 0 radical (unpaired) electrons. The molecule has 102 valence electrons. The highest BCUT2D eigenvalue weighted by Crippen LogP contribution is 2.36. The molecule has 20 heavy (non-hydrogen) atoms. The Balaban J connectivity index is 2.11. The number of benzene rings is 1. The molecule has 0 bridgehead atoms. The molecule has 3 rings (SSSR count). The number of nitrogens with zero attached hydrogens (tertiary/aromatic N) is 1. The zero-order valence-corrected chi connectivity index (χ0v) is 11.8. The van der Waals surface area contributed by atoms with E-state index in [2.05, 4.69) is 36.2 Å². The van der Waals surface area contributed by atoms with E-state index in [0.29, 0.717) is 6.61 Å². The van der Waals surface area contributed by atoms with Gasteiger partial charge in [0.05, 0.1) is 5.69 Å². The summed E-state index contributed by atoms with van der Waals surface area (Å²) in [7, 11) is 0. The van der Waals surface area contributed by atoms with E-state index in [-0.39, 0.29) is 0 Å². The first kappa shape index (κ1) is 12.9. The Morgan fingerprint density at radius 1 is 1.15 bits per heavy atom. The van der Waals surface area contributed by atoms with Crippen molar-refractivity contribution in [2.24, 2.45) is 0 Å². The van der Waals surface area contributed by atoms with Gasteiger partial charge in [0.25, 0.3) is 0 Å². The van der Waals surface area contributed by atoms with Crippen LogP contribution in [-0.2, 0) is 6.61 Å². The predicted molar refractivity (Wildman–Crippen MR) is 81.6 cm³/mol. The fourth-order valence-electron chi connectivity index (χ4n) is 2.57. The molecule has 0 spiro atoms. The van der Waals surface area contributed by atoms with Gasteiger partial charge in [-0.05, 0) is 24.1 Å². The molecule has 0 amide bonds. The average molecular weight is 265 g/mol. The fourth-order valence-corrected chi connectivity index (χ4v) is 2.57. The molecular formula is C18H19NO. The van der Waals surface area contributed by atoms with Gasteiger partial charge < -0.3 is 4.74 Å². The van der Waals surface area contributed by atoms with E-state index < -0.39 is 0 Å². The monoisotopic (exact) mass is 265 g/mol. The first-order valence-corrected chi connectivity index (χ1v) is 7.26. The van der Waals surface area contributed by atoms with Crippen molar-refractivity contribution in [3.63, 3.8) is 0 Å². The molecule has 0 saturated heterocycles. The zero-order valence-electron chi connectivity index (χ0n) is 11.8. The van der Waals surface area contributed by atoms with E-state index >= 15 is 0 Å². The van der Waals surface area contributed by atoms with Crippen LogP contribution in [0.5, 0.6) is 5.75 Å². The van der Waals surface area contributed by atoms with Crippen LogP contribution in [0.3, 0.4) is 0 Å². The lowest BCUT2D eigenvalue weighted by Crippen LogP contribution is -1.98. The highest BCUT2D eigenvalue weighted by atomic mass is 16.5. The van der Waals surface area contributed by atoms with Crippen LogP contribution in [0.2, 0.25) is 0 Å². The summed E-state index contributed by atoms with van der Waals surface area (Å²) in [5.41, 5.74) is 4.66. The number of rotatable bonds is 3. The Bertz CT molecular complexity index is 581. The lowest BCUT2D eigenvalue weighted by molar-refractivity contribution is 0.302. The maximum Gasteiger partial charge on any atom is 0.131 e. The summed E-state index contributed by atoms with van der Waals surface area (Å²) >= 11 is 0. The molecule has 2 heterocycles. The van der Waals surface area contributed by atoms with Crippen LogP contribution in [0.1, 0.15) is 43.0 Å². The predicted octanol–water partition coefficient (Wildman–Crippen LogP) is 4.60. The summed E-state index contributed by atoms with van der Waals surface area (Å²) in [6.45, 7) is 2.76. The van der Waals surface area contributed by atoms with Crippen molar-refractivity contribution in [3.05, 3.63) is 65.5 Å². The van der Waals surface area contributed by atoms with Crippen molar-refractivity contribution < 1.29 is 4.74 Å². The number of unbranched alkanes of at least 4 members (excludes halogenated alkanes) is 2. The molecule has 0 aliphatic carbocycles. The molecule has 1 aliphatic heterocycles. The third kappa shape index (κ3) is 2.46. The third-order valence-corrected chi connectivity index (χ3v) is 3.63. The summed E-state index contributed by atoms with van der Waals surface area (Å²) in [5, 5.41) is 0. The molecular weight excluding hydrogens is 246 g/mol. The van der Waals surface area contributed by atoms with E-state index in [4.69, 9.17) is 4.74 Å². The van der Waals surface area contributed by atoms with Crippen LogP contribution in [0, 0.1) is 0 Å². The Labute approximate surface area is 120 Å². The van der Waals surface area contributed by atoms with Crippen LogP contribution in [-0.4, -0.2) is 4.98 Å². The maximum absolute atomic E-state index is 5.91. The molecule has 0 saturated carbocycles. The molecule has 0 fully saturated rings. The summed E-state index contributed by atoms with van der Waals surface area (Å²) < 4.78 is 5.91. The lowest BCUT2D eigenvalue weighted by Gasteiger charge is -2.09. The minimum absolute atomic E-state index is 0.540. The second kappa shape index (κ2) is 5.91. The topological polar surface area (TPSA) is 22.1 Å². The van der Waals surface area contributed by atoms with Crippen molar-refractivity contribution in [1.82, 2.24) is 4.98 Å². The first-order chi connectivity index (χ1) is 9.90. The van der Waals surface area contributed by atoms with Gasteiger partial charge in [-0.1, -0.05) is 50.1 Å². The number of pyridine rings is 1. The number of ether oxygens (including phenoxy) is 1. The first-order valence-electron chi connectivity index (χ1n) is 7.26. The van der Waals surface area contributed by atoms with Gasteiger partial charge in [-0.2, -0.15) is 0 Å². The maximum atomic E-state index is 5.91. The SMILES string of the molecule is CCCCC=C1c2ccccc2OCc2ncccc21. The van der Waals surface area contributed by atoms with Crippen LogP contribution in [0.15, 0.2) is 48.7 Å². The summed E-state index contributed by atoms with van der Waals surface area (Å²) in [4.78, 5) is 4.47. The molecule has 1 aromatic heterocycles. The highest BCUT2D eigenvalue weighted by molar-refractivity contribution is 5.84. The summed E-state index contributed by atoms with van der Waals surface area (Å²) in [5.74, 6) is 0.952. The third-order valence-electron chi connectivity index (χ3n) is 3.63. The Morgan fingerprint density at radius 2 is 2.00 bits per heavy atom. The molecule has 0 unspecified atom stereocenters. The molecule has 2 heteroatoms. The van der Waals surface area contributed by atoms with E-state index in [9.17, 15) is 0 Å². The normalized spacial score (nSPS) is 15.2. The van der Waals surface area contributed by atoms with E-state index in [1.54, 1.807) is 0 Å². The second-order valence-corrected chi connectivity index (χ2v) is 5.04. The van der Waals surface area contributed by atoms with Crippen molar-refractivity contribution in [2.75, 3.05) is 0 Å². The number of para-hydroxylation sites is 1. The van der Waals surface area contributed by atoms with Crippen LogP contribution in [0.4, 0.5) is 0 Å². The highest BCUT2D eigenvalue weighted by Gasteiger charge is 2.18. The Morgan fingerprint density at radius 3 is 2.90 bits per heavy atom. The molecule has 1 aliphatic rings. The number of aromatic nitrogens is 1. The van der Waals surface area contributed by atoms with Gasteiger partial charge >= 0.3 is 0 Å². The fraction of sp³-hybridized carbons (Fsp3) is 0.278. The largest absolute Gasteiger partial charge is 0.487 e. The zero-order chi connectivity index (χ0) is 13.8. The van der Waals surface area contributed by atoms with Crippen molar-refractivity contribution in [1.29, 1.82) is 0 Å². The van der Waals surface area contributed by atoms with Crippen molar-refractivity contribution in [3.8, 4) is 5.75 Å². The van der Waals surface area contributed by atoms with Gasteiger partial charge in [0, 0.05) is 17.3 Å². The van der Waals surface area contributed by atoms with E-state index in [0.717, 1.165) is 17.9 Å². The van der Waals surface area contributed by atoms with Gasteiger partial charge in [0.15, 0.2) is 0 Å². The van der Waals surface area contributed by atoms with Crippen LogP contribution < -0.4 is 4.74 Å². The lowest BCUT2D eigenvalue weighted by atomic mass is 9.95. The van der Waals surface area contributed by atoms with Gasteiger partial charge in [-0.15, -0.1) is 0 Å². The average Bonchev–Trinajstić information content (AvgIpc) is 2.66. The smallest absolute Gasteiger partial charge is 0.131 e. The minimum Gasteiger partial charge on any atom is -0.487 e. The van der Waals surface area contributed by atoms with Gasteiger partial charge in [-0.3, -0.25) is 4.98 Å². The van der Waals surface area contributed by atoms with Crippen LogP contribution >= 0.6 is 0 Å². The molecule has 2 nitrogen and oxygen atoms in total. The van der Waals surface area contributed by atoms with Crippen LogP contribution in [0.25, 0.3) is 5.57 Å². The van der Waals surface area contributed by atoms with E-state index in [1.807, 2.05) is 24.4 Å². The second-order valence-electron chi connectivity index (χ2n) is 5.04. The standard InChI is InChI=1S/C18H19NO/c1-2-3-4-8-14-15-10-7-12-19-17(15)13-20-18-11-6-5-9-16(14)18/h5-12H,2-4,13H2,1H3. The summed E-state index contributed by atoms with van der Waals surface area (Å²) in [6.07, 6.45) is 7.68. The van der Waals surface area contributed by atoms with Gasteiger partial charge in [0.2, 0.25) is 0 Å². The number of hydrogen-bond acceptors (Lipinski definition) is 2. The Hall–Kier alpha value is -2.09. The number of hydrogen-bond donors (Lipinski definition) is 0. The molecule has 0 N–H and O–H groups in total. The number of allylic oxidation sites excluding steroid dienone is 1. The van der Waals surface area contributed by atoms with Crippen molar-refractivity contribution >= 4 is 5.57 Å². The quantitative estimate of drug-likeness (QED) is 0.757.